The molecule has 0 unspecified atom stereocenters. The van der Waals surface area contributed by atoms with E-state index in [0.29, 0.717) is 43.1 Å². The number of anilines is 1. The minimum absolute atomic E-state index is 0.0402. The zero-order valence-corrected chi connectivity index (χ0v) is 29.8. The lowest BCUT2D eigenvalue weighted by Crippen LogP contribution is -2.48. The molecular formula is C40H48N6O5. The summed E-state index contributed by atoms with van der Waals surface area (Å²) < 4.78 is 5.35. The van der Waals surface area contributed by atoms with Gasteiger partial charge in [-0.05, 0) is 125 Å². The number of fused-ring (bicyclic) bond motifs is 1. The summed E-state index contributed by atoms with van der Waals surface area (Å²) in [6.45, 7) is 7.99. The Bertz CT molecular complexity index is 1880. The Kier molecular flexibility index (Phi) is 10.7. The first kappa shape index (κ1) is 35.6. The number of benzene rings is 3. The van der Waals surface area contributed by atoms with Crippen LogP contribution in [0.15, 0.2) is 66.9 Å². The van der Waals surface area contributed by atoms with Crippen LogP contribution in [0.5, 0.6) is 0 Å². The van der Waals surface area contributed by atoms with Gasteiger partial charge in [0.05, 0.1) is 11.7 Å². The third kappa shape index (κ3) is 9.74. The molecule has 268 valence electrons. The Morgan fingerprint density at radius 1 is 0.922 bits per heavy atom. The standard InChI is InChI=1S/C40H48N6O5/c1-24-19-29(37(48)43-31-16-17-31)14-18-33(24)27-9-5-25(6-10-27)20-35(38(49)44-32-15-13-30-23-42-46-34(30)21-32)45-36(47)28-11-7-26(8-12-28)22-41-39(50)51-40(2,3)4/h5-6,9-10,13-15,18-19,21,23,26,28,31,35H,7-8,11-12,16-17,20,22H2,1-4H3,(H,41,50)(H,42,46)(H,43,48)(H,44,49)(H,45,47)/t26-,28-,35-/m0/s1. The number of amides is 4. The molecule has 4 amide bonds. The normalized spacial score (nSPS) is 18.0. The van der Waals surface area contributed by atoms with Crippen molar-refractivity contribution in [3.05, 3.63) is 83.6 Å². The zero-order valence-electron chi connectivity index (χ0n) is 29.8. The van der Waals surface area contributed by atoms with E-state index in [2.05, 4.69) is 31.5 Å². The van der Waals surface area contributed by atoms with Gasteiger partial charge in [0.25, 0.3) is 5.91 Å². The fourth-order valence-electron chi connectivity index (χ4n) is 6.59. The molecule has 4 aromatic rings. The Balaban J connectivity index is 1.10. The van der Waals surface area contributed by atoms with Gasteiger partial charge in [-0.2, -0.15) is 5.10 Å². The quantitative estimate of drug-likeness (QED) is 0.122. The van der Waals surface area contributed by atoms with Crippen molar-refractivity contribution in [2.45, 2.75) is 90.3 Å². The van der Waals surface area contributed by atoms with Crippen molar-refractivity contribution in [2.24, 2.45) is 11.8 Å². The van der Waals surface area contributed by atoms with E-state index in [1.54, 1.807) is 6.20 Å². The molecular weight excluding hydrogens is 644 g/mol. The zero-order chi connectivity index (χ0) is 36.1. The Morgan fingerprint density at radius 2 is 1.67 bits per heavy atom. The fraction of sp³-hybridized carbons (Fsp3) is 0.425. The van der Waals surface area contributed by atoms with Crippen molar-refractivity contribution in [2.75, 3.05) is 11.9 Å². The summed E-state index contributed by atoms with van der Waals surface area (Å²) in [4.78, 5) is 52.0. The van der Waals surface area contributed by atoms with Crippen LogP contribution in [0.4, 0.5) is 10.5 Å². The van der Waals surface area contributed by atoms with E-state index < -0.39 is 17.7 Å². The maximum atomic E-state index is 13.8. The first-order chi connectivity index (χ1) is 24.4. The number of carbonyl (C=O) groups is 4. The lowest BCUT2D eigenvalue weighted by molar-refractivity contribution is -0.130. The van der Waals surface area contributed by atoms with E-state index in [4.69, 9.17) is 4.74 Å². The number of nitrogens with zero attached hydrogens (tertiary/aromatic N) is 1. The smallest absolute Gasteiger partial charge is 0.407 e. The van der Waals surface area contributed by atoms with E-state index in [0.717, 1.165) is 58.8 Å². The number of H-pyrrole nitrogens is 1. The molecule has 2 saturated carbocycles. The second kappa shape index (κ2) is 15.4. The highest BCUT2D eigenvalue weighted by Gasteiger charge is 2.30. The van der Waals surface area contributed by atoms with Gasteiger partial charge in [-0.25, -0.2) is 4.79 Å². The van der Waals surface area contributed by atoms with Crippen LogP contribution < -0.4 is 21.3 Å². The van der Waals surface area contributed by atoms with Gasteiger partial charge in [-0.1, -0.05) is 30.3 Å². The van der Waals surface area contributed by atoms with Crippen molar-refractivity contribution in [1.82, 2.24) is 26.1 Å². The number of aryl methyl sites for hydroxylation is 1. The molecule has 0 bridgehead atoms. The molecule has 0 spiro atoms. The molecule has 6 rings (SSSR count). The monoisotopic (exact) mass is 692 g/mol. The SMILES string of the molecule is Cc1cc(C(=O)NC2CC2)ccc1-c1ccc(C[C@H](NC(=O)[C@H]2CC[C@H](CNC(=O)OC(C)(C)C)CC2)C(=O)Nc2ccc3cn[nH]c3c2)cc1. The summed E-state index contributed by atoms with van der Waals surface area (Å²) in [6.07, 6.45) is 6.61. The topological polar surface area (TPSA) is 154 Å². The molecule has 0 radical (unpaired) electrons. The van der Waals surface area contributed by atoms with Crippen LogP contribution in [0.2, 0.25) is 0 Å². The first-order valence-electron chi connectivity index (χ1n) is 17.9. The second-order valence-electron chi connectivity index (χ2n) is 15.0. The van der Waals surface area contributed by atoms with E-state index in [9.17, 15) is 19.2 Å². The van der Waals surface area contributed by atoms with Crippen LogP contribution >= 0.6 is 0 Å². The maximum absolute atomic E-state index is 13.8. The van der Waals surface area contributed by atoms with Gasteiger partial charge in [-0.3, -0.25) is 19.5 Å². The van der Waals surface area contributed by atoms with Crippen molar-refractivity contribution in [3.8, 4) is 11.1 Å². The van der Waals surface area contributed by atoms with Gasteiger partial charge in [0.2, 0.25) is 11.8 Å². The second-order valence-corrected chi connectivity index (χ2v) is 15.0. The first-order valence-corrected chi connectivity index (χ1v) is 17.9. The summed E-state index contributed by atoms with van der Waals surface area (Å²) in [7, 11) is 0. The lowest BCUT2D eigenvalue weighted by Gasteiger charge is -2.29. The number of rotatable bonds is 11. The molecule has 2 aliphatic carbocycles. The molecule has 1 atom stereocenters. The highest BCUT2D eigenvalue weighted by molar-refractivity contribution is 5.99. The lowest BCUT2D eigenvalue weighted by atomic mass is 9.81. The minimum atomic E-state index is -0.807. The summed E-state index contributed by atoms with van der Waals surface area (Å²) in [6, 6.07) is 18.7. The van der Waals surface area contributed by atoms with Gasteiger partial charge < -0.3 is 26.0 Å². The van der Waals surface area contributed by atoms with Crippen LogP contribution in [-0.4, -0.2) is 58.2 Å². The average molecular weight is 693 g/mol. The molecule has 51 heavy (non-hydrogen) atoms. The molecule has 11 nitrogen and oxygen atoms in total. The van der Waals surface area contributed by atoms with Crippen LogP contribution in [0, 0.1) is 18.8 Å². The van der Waals surface area contributed by atoms with Crippen LogP contribution in [0.25, 0.3) is 22.0 Å². The van der Waals surface area contributed by atoms with Crippen molar-refractivity contribution >= 4 is 40.4 Å². The highest BCUT2D eigenvalue weighted by atomic mass is 16.6. The number of alkyl carbamates (subject to hydrolysis) is 1. The van der Waals surface area contributed by atoms with E-state index in [-0.39, 0.29) is 29.6 Å². The Labute approximate surface area is 298 Å². The van der Waals surface area contributed by atoms with Crippen LogP contribution in [0.3, 0.4) is 0 Å². The Hall–Kier alpha value is -5.19. The molecule has 3 aromatic carbocycles. The van der Waals surface area contributed by atoms with Gasteiger partial charge in [0, 0.05) is 41.6 Å². The molecule has 1 heterocycles. The van der Waals surface area contributed by atoms with Gasteiger partial charge in [0.1, 0.15) is 11.6 Å². The molecule has 1 aromatic heterocycles. The fourth-order valence-corrected chi connectivity index (χ4v) is 6.59. The third-order valence-electron chi connectivity index (χ3n) is 9.60. The number of hydrogen-bond acceptors (Lipinski definition) is 6. The molecule has 0 saturated heterocycles. The Morgan fingerprint density at radius 3 is 2.35 bits per heavy atom. The molecule has 2 fully saturated rings. The number of aromatic amines is 1. The summed E-state index contributed by atoms with van der Waals surface area (Å²) >= 11 is 0. The van der Waals surface area contributed by atoms with E-state index in [1.807, 2.05) is 88.4 Å². The molecule has 5 N–H and O–H groups in total. The predicted molar refractivity (Wildman–Crippen MR) is 197 cm³/mol. The summed E-state index contributed by atoms with van der Waals surface area (Å²) in [5, 5.41) is 19.9. The van der Waals surface area contributed by atoms with Gasteiger partial charge in [0.15, 0.2) is 0 Å². The van der Waals surface area contributed by atoms with Gasteiger partial charge in [-0.15, -0.1) is 0 Å². The number of ether oxygens (including phenoxy) is 1. The molecule has 0 aliphatic heterocycles. The number of nitrogens with one attached hydrogen (secondary N) is 5. The van der Waals surface area contributed by atoms with Crippen LogP contribution in [-0.2, 0) is 20.7 Å². The van der Waals surface area contributed by atoms with E-state index >= 15 is 0 Å². The predicted octanol–water partition coefficient (Wildman–Crippen LogP) is 6.43. The third-order valence-corrected chi connectivity index (χ3v) is 9.60. The molecule has 2 aliphatic rings. The number of aromatic nitrogens is 2. The maximum Gasteiger partial charge on any atom is 0.407 e. The van der Waals surface area contributed by atoms with E-state index in [1.165, 1.54) is 0 Å². The minimum Gasteiger partial charge on any atom is -0.444 e. The van der Waals surface area contributed by atoms with Crippen molar-refractivity contribution in [1.29, 1.82) is 0 Å². The average Bonchev–Trinajstić information content (AvgIpc) is 3.79. The van der Waals surface area contributed by atoms with Crippen molar-refractivity contribution in [3.63, 3.8) is 0 Å². The highest BCUT2D eigenvalue weighted by Crippen LogP contribution is 2.30. The van der Waals surface area contributed by atoms with Gasteiger partial charge >= 0.3 is 6.09 Å². The molecule has 11 heteroatoms. The summed E-state index contributed by atoms with van der Waals surface area (Å²) in [5.74, 6) is -0.453. The van der Waals surface area contributed by atoms with Crippen molar-refractivity contribution < 1.29 is 23.9 Å². The number of hydrogen-bond donors (Lipinski definition) is 5. The van der Waals surface area contributed by atoms with Crippen LogP contribution in [0.1, 0.15) is 80.8 Å². The summed E-state index contributed by atoms with van der Waals surface area (Å²) in [5.41, 5.74) is 5.43. The largest absolute Gasteiger partial charge is 0.444 e. The number of carbonyl (C=O) groups excluding carboxylic acids is 4.